The van der Waals surface area contributed by atoms with Gasteiger partial charge in [-0.25, -0.2) is 0 Å². The summed E-state index contributed by atoms with van der Waals surface area (Å²) >= 11 is 7.27. The lowest BCUT2D eigenvalue weighted by atomic mass is 9.99. The molecular formula is C11H16ClNO2S. The lowest BCUT2D eigenvalue weighted by molar-refractivity contribution is -0.140. The van der Waals surface area contributed by atoms with E-state index in [1.165, 1.54) is 11.3 Å². The number of carbonyl (C=O) groups is 1. The van der Waals surface area contributed by atoms with Crippen LogP contribution in [0.1, 0.15) is 25.1 Å². The summed E-state index contributed by atoms with van der Waals surface area (Å²) in [6.07, 6.45) is 0.842. The first-order valence-corrected chi connectivity index (χ1v) is 6.44. The van der Waals surface area contributed by atoms with Crippen LogP contribution in [-0.4, -0.2) is 17.1 Å². The summed E-state index contributed by atoms with van der Waals surface area (Å²) < 4.78 is 0.729. The first kappa shape index (κ1) is 13.5. The highest BCUT2D eigenvalue weighted by molar-refractivity contribution is 7.16. The third-order valence-electron chi connectivity index (χ3n) is 2.60. The van der Waals surface area contributed by atoms with Crippen LogP contribution in [-0.2, 0) is 11.3 Å². The predicted octanol–water partition coefficient (Wildman–Crippen LogP) is 2.99. The van der Waals surface area contributed by atoms with Gasteiger partial charge in [-0.3, -0.25) is 10.1 Å². The summed E-state index contributed by atoms with van der Waals surface area (Å²) in [5.74, 6) is -0.676. The number of thiophene rings is 1. The van der Waals surface area contributed by atoms with Crippen LogP contribution in [0.15, 0.2) is 12.1 Å². The highest BCUT2D eigenvalue weighted by atomic mass is 35.5. The fraction of sp³-hybridized carbons (Fsp3) is 0.545. The molecule has 1 heterocycles. The minimum Gasteiger partial charge on any atom is -0.480 e. The maximum Gasteiger partial charge on any atom is 0.320 e. The predicted molar refractivity (Wildman–Crippen MR) is 67.0 cm³/mol. The van der Waals surface area contributed by atoms with Crippen LogP contribution >= 0.6 is 22.9 Å². The number of nitrogens with one attached hydrogen (secondary N) is 1. The van der Waals surface area contributed by atoms with Crippen LogP contribution < -0.4 is 5.32 Å². The van der Waals surface area contributed by atoms with Gasteiger partial charge in [0.1, 0.15) is 6.04 Å². The number of carboxylic acids is 1. The SMILES string of the molecule is CC[C@H](C)[C@H](NCc1ccc(Cl)s1)C(=O)O. The highest BCUT2D eigenvalue weighted by Crippen LogP contribution is 2.21. The summed E-state index contributed by atoms with van der Waals surface area (Å²) in [4.78, 5) is 12.1. The number of rotatable bonds is 6. The van der Waals surface area contributed by atoms with Crippen molar-refractivity contribution in [2.24, 2.45) is 5.92 Å². The molecule has 0 fully saturated rings. The number of aliphatic carboxylic acids is 1. The van der Waals surface area contributed by atoms with Crippen molar-refractivity contribution in [3.63, 3.8) is 0 Å². The van der Waals surface area contributed by atoms with Gasteiger partial charge in [0.25, 0.3) is 0 Å². The van der Waals surface area contributed by atoms with E-state index in [9.17, 15) is 4.79 Å². The second-order valence-electron chi connectivity index (χ2n) is 3.79. The van der Waals surface area contributed by atoms with E-state index in [1.54, 1.807) is 0 Å². The maximum absolute atomic E-state index is 11.0. The average Bonchev–Trinajstić information content (AvgIpc) is 2.63. The Morgan fingerprint density at radius 3 is 2.75 bits per heavy atom. The molecule has 1 aromatic heterocycles. The van der Waals surface area contributed by atoms with E-state index in [0.717, 1.165) is 15.6 Å². The van der Waals surface area contributed by atoms with Crippen LogP contribution in [0.2, 0.25) is 4.34 Å². The Labute approximate surface area is 104 Å². The first-order chi connectivity index (χ1) is 7.54. The molecule has 2 N–H and O–H groups in total. The van der Waals surface area contributed by atoms with Gasteiger partial charge in [0.2, 0.25) is 0 Å². The van der Waals surface area contributed by atoms with E-state index >= 15 is 0 Å². The Hall–Kier alpha value is -0.580. The van der Waals surface area contributed by atoms with E-state index in [2.05, 4.69) is 5.32 Å². The van der Waals surface area contributed by atoms with Gasteiger partial charge in [-0.1, -0.05) is 31.9 Å². The molecular weight excluding hydrogens is 246 g/mol. The van der Waals surface area contributed by atoms with Crippen molar-refractivity contribution in [1.82, 2.24) is 5.32 Å². The molecule has 1 rings (SSSR count). The van der Waals surface area contributed by atoms with Crippen LogP contribution in [0, 0.1) is 5.92 Å². The van der Waals surface area contributed by atoms with Gasteiger partial charge in [-0.05, 0) is 18.1 Å². The normalized spacial score (nSPS) is 14.7. The maximum atomic E-state index is 11.0. The van der Waals surface area contributed by atoms with E-state index in [-0.39, 0.29) is 5.92 Å². The summed E-state index contributed by atoms with van der Waals surface area (Å²) in [5.41, 5.74) is 0. The lowest BCUT2D eigenvalue weighted by Crippen LogP contribution is -2.41. The van der Waals surface area contributed by atoms with Crippen LogP contribution in [0.4, 0.5) is 0 Å². The minimum atomic E-state index is -0.794. The van der Waals surface area contributed by atoms with Gasteiger partial charge in [0.15, 0.2) is 0 Å². The van der Waals surface area contributed by atoms with Crippen LogP contribution in [0.3, 0.4) is 0 Å². The molecule has 0 aromatic carbocycles. The van der Waals surface area contributed by atoms with E-state index < -0.39 is 12.0 Å². The Morgan fingerprint density at radius 1 is 1.62 bits per heavy atom. The zero-order valence-corrected chi connectivity index (χ0v) is 10.9. The van der Waals surface area contributed by atoms with Crippen molar-refractivity contribution in [2.45, 2.75) is 32.9 Å². The fourth-order valence-electron chi connectivity index (χ4n) is 1.42. The molecule has 0 aliphatic carbocycles. The largest absolute Gasteiger partial charge is 0.480 e. The zero-order valence-electron chi connectivity index (χ0n) is 9.37. The summed E-state index contributed by atoms with van der Waals surface area (Å²) in [5, 5.41) is 12.1. The van der Waals surface area contributed by atoms with Crippen molar-refractivity contribution in [2.75, 3.05) is 0 Å². The summed E-state index contributed by atoms with van der Waals surface area (Å²) in [6, 6.07) is 3.24. The first-order valence-electron chi connectivity index (χ1n) is 5.25. The number of hydrogen-bond donors (Lipinski definition) is 2. The molecule has 3 nitrogen and oxygen atoms in total. The molecule has 0 spiro atoms. The zero-order chi connectivity index (χ0) is 12.1. The molecule has 2 atom stereocenters. The van der Waals surface area contributed by atoms with Crippen molar-refractivity contribution in [3.05, 3.63) is 21.3 Å². The molecule has 0 aliphatic heterocycles. The molecule has 0 bridgehead atoms. The second kappa shape index (κ2) is 6.23. The standard InChI is InChI=1S/C11H16ClNO2S/c1-3-7(2)10(11(14)15)13-6-8-4-5-9(12)16-8/h4-5,7,10,13H,3,6H2,1-2H3,(H,14,15)/t7-,10-/m0/s1. The summed E-state index contributed by atoms with van der Waals surface area (Å²) in [6.45, 7) is 4.48. The third-order valence-corrected chi connectivity index (χ3v) is 3.84. The molecule has 0 saturated carbocycles. The Balaban J connectivity index is 2.53. The molecule has 16 heavy (non-hydrogen) atoms. The average molecular weight is 262 g/mol. The van der Waals surface area contributed by atoms with Gasteiger partial charge in [0, 0.05) is 11.4 Å². The molecule has 0 unspecified atom stereocenters. The van der Waals surface area contributed by atoms with E-state index in [0.29, 0.717) is 6.54 Å². The Bertz CT molecular complexity index is 354. The second-order valence-corrected chi connectivity index (χ2v) is 5.59. The van der Waals surface area contributed by atoms with E-state index in [1.807, 2.05) is 26.0 Å². The lowest BCUT2D eigenvalue weighted by Gasteiger charge is -2.19. The van der Waals surface area contributed by atoms with Gasteiger partial charge in [-0.2, -0.15) is 0 Å². The van der Waals surface area contributed by atoms with Crippen molar-refractivity contribution in [1.29, 1.82) is 0 Å². The van der Waals surface area contributed by atoms with E-state index in [4.69, 9.17) is 16.7 Å². The minimum absolute atomic E-state index is 0.118. The smallest absolute Gasteiger partial charge is 0.320 e. The van der Waals surface area contributed by atoms with Crippen molar-refractivity contribution < 1.29 is 9.90 Å². The number of halogens is 1. The quantitative estimate of drug-likeness (QED) is 0.828. The fourth-order valence-corrected chi connectivity index (χ4v) is 2.46. The molecule has 0 radical (unpaired) electrons. The number of hydrogen-bond acceptors (Lipinski definition) is 3. The molecule has 0 saturated heterocycles. The number of carboxylic acid groups (broad SMARTS) is 1. The van der Waals surface area contributed by atoms with Gasteiger partial charge in [0.05, 0.1) is 4.34 Å². The molecule has 90 valence electrons. The molecule has 0 aliphatic rings. The van der Waals surface area contributed by atoms with Crippen molar-refractivity contribution in [3.8, 4) is 0 Å². The molecule has 5 heteroatoms. The third kappa shape index (κ3) is 3.77. The Morgan fingerprint density at radius 2 is 2.31 bits per heavy atom. The Kier molecular flexibility index (Phi) is 5.25. The molecule has 0 amide bonds. The highest BCUT2D eigenvalue weighted by Gasteiger charge is 2.22. The van der Waals surface area contributed by atoms with Crippen LogP contribution in [0.25, 0.3) is 0 Å². The van der Waals surface area contributed by atoms with Gasteiger partial charge < -0.3 is 5.11 Å². The monoisotopic (exact) mass is 261 g/mol. The van der Waals surface area contributed by atoms with Gasteiger partial charge in [-0.15, -0.1) is 11.3 Å². The topological polar surface area (TPSA) is 49.3 Å². The molecule has 1 aromatic rings. The summed E-state index contributed by atoms with van der Waals surface area (Å²) in [7, 11) is 0. The van der Waals surface area contributed by atoms with Gasteiger partial charge >= 0.3 is 5.97 Å². The van der Waals surface area contributed by atoms with Crippen molar-refractivity contribution >= 4 is 28.9 Å². The van der Waals surface area contributed by atoms with Crippen LogP contribution in [0.5, 0.6) is 0 Å².